The quantitative estimate of drug-likeness (QED) is 0.814. The number of aromatic nitrogens is 1. The number of benzene rings is 1. The highest BCUT2D eigenvalue weighted by atomic mass is 16.2. The van der Waals surface area contributed by atoms with Crippen molar-refractivity contribution in [2.24, 2.45) is 5.41 Å². The van der Waals surface area contributed by atoms with Crippen molar-refractivity contribution in [3.05, 3.63) is 59.9 Å². The van der Waals surface area contributed by atoms with E-state index in [1.165, 1.54) is 11.1 Å². The van der Waals surface area contributed by atoms with Crippen molar-refractivity contribution in [2.45, 2.75) is 39.0 Å². The lowest BCUT2D eigenvalue weighted by Crippen LogP contribution is -2.52. The Morgan fingerprint density at radius 2 is 1.63 bits per heavy atom. The molecule has 158 valence electrons. The third-order valence-corrected chi connectivity index (χ3v) is 6.59. The van der Waals surface area contributed by atoms with Crippen molar-refractivity contribution >= 4 is 17.6 Å². The fourth-order valence-corrected chi connectivity index (χ4v) is 3.95. The number of hydrogen-bond acceptors (Lipinski definition) is 3. The maximum absolute atomic E-state index is 12.5. The first-order valence-corrected chi connectivity index (χ1v) is 10.7. The fraction of sp³-hybridized carbons (Fsp3) is 0.458. The zero-order valence-corrected chi connectivity index (χ0v) is 18.0. The third kappa shape index (κ3) is 4.04. The van der Waals surface area contributed by atoms with E-state index in [2.05, 4.69) is 35.4 Å². The van der Waals surface area contributed by atoms with Crippen LogP contribution in [-0.2, 0) is 4.79 Å². The summed E-state index contributed by atoms with van der Waals surface area (Å²) < 4.78 is 0. The molecule has 0 radical (unpaired) electrons. The molecule has 2 saturated heterocycles. The molecule has 30 heavy (non-hydrogen) atoms. The first kappa shape index (κ1) is 20.4. The first-order valence-electron chi connectivity index (χ1n) is 10.7. The van der Waals surface area contributed by atoms with Gasteiger partial charge in [0.25, 0.3) is 0 Å². The van der Waals surface area contributed by atoms with Gasteiger partial charge in [0.05, 0.1) is 0 Å². The smallest absolute Gasteiger partial charge is 0.321 e. The average molecular weight is 407 g/mol. The van der Waals surface area contributed by atoms with Crippen molar-refractivity contribution in [3.8, 4) is 0 Å². The van der Waals surface area contributed by atoms with E-state index in [0.29, 0.717) is 11.8 Å². The minimum absolute atomic E-state index is 0.0647. The first-order chi connectivity index (χ1) is 14.4. The van der Waals surface area contributed by atoms with Gasteiger partial charge in [-0.3, -0.25) is 9.78 Å². The molecule has 3 heterocycles. The number of urea groups is 1. The Hall–Kier alpha value is -2.89. The van der Waals surface area contributed by atoms with E-state index in [9.17, 15) is 9.59 Å². The molecule has 3 amide bonds. The third-order valence-electron chi connectivity index (χ3n) is 6.59. The Morgan fingerprint density at radius 1 is 1.00 bits per heavy atom. The zero-order chi connectivity index (χ0) is 21.3. The van der Waals surface area contributed by atoms with Gasteiger partial charge in [-0.15, -0.1) is 0 Å². The van der Waals surface area contributed by atoms with E-state index in [4.69, 9.17) is 0 Å². The summed E-state index contributed by atoms with van der Waals surface area (Å²) in [7, 11) is 0. The molecule has 0 saturated carbocycles. The van der Waals surface area contributed by atoms with Crippen LogP contribution in [0.5, 0.6) is 0 Å². The molecule has 6 nitrogen and oxygen atoms in total. The predicted octanol–water partition coefficient (Wildman–Crippen LogP) is 4.07. The lowest BCUT2D eigenvalue weighted by molar-refractivity contribution is -0.145. The number of carbonyl (C=O) groups is 2. The van der Waals surface area contributed by atoms with Gasteiger partial charge in [0.1, 0.15) is 0 Å². The van der Waals surface area contributed by atoms with Crippen molar-refractivity contribution in [2.75, 3.05) is 31.5 Å². The van der Waals surface area contributed by atoms with Gasteiger partial charge in [-0.05, 0) is 35.7 Å². The van der Waals surface area contributed by atoms with Gasteiger partial charge in [0, 0.05) is 61.5 Å². The summed E-state index contributed by atoms with van der Waals surface area (Å²) in [5.74, 6) is 0.986. The van der Waals surface area contributed by atoms with E-state index in [1.807, 2.05) is 48.0 Å². The molecule has 2 aliphatic heterocycles. The maximum atomic E-state index is 12.5. The molecule has 1 N–H and O–H groups in total. The highest BCUT2D eigenvalue weighted by Crippen LogP contribution is 2.33. The Bertz CT molecular complexity index is 899. The largest absolute Gasteiger partial charge is 0.341 e. The van der Waals surface area contributed by atoms with Crippen molar-refractivity contribution < 1.29 is 9.59 Å². The molecule has 0 unspecified atom stereocenters. The monoisotopic (exact) mass is 406 g/mol. The number of likely N-dealkylation sites (tertiary alicyclic amines) is 2. The van der Waals surface area contributed by atoms with E-state index >= 15 is 0 Å². The van der Waals surface area contributed by atoms with Crippen LogP contribution in [0.3, 0.4) is 0 Å². The zero-order valence-electron chi connectivity index (χ0n) is 18.0. The average Bonchev–Trinajstić information content (AvgIpc) is 2.67. The molecule has 6 heteroatoms. The second-order valence-electron chi connectivity index (χ2n) is 9.08. The summed E-state index contributed by atoms with van der Waals surface area (Å²) in [4.78, 5) is 32.9. The molecular formula is C24H30N4O2. The maximum Gasteiger partial charge on any atom is 0.321 e. The molecular weight excluding hydrogens is 376 g/mol. The lowest BCUT2D eigenvalue weighted by Gasteiger charge is -2.43. The molecule has 0 bridgehead atoms. The van der Waals surface area contributed by atoms with Gasteiger partial charge in [-0.2, -0.15) is 0 Å². The fourth-order valence-electron chi connectivity index (χ4n) is 3.95. The van der Waals surface area contributed by atoms with Gasteiger partial charge in [-0.25, -0.2) is 4.79 Å². The number of nitrogens with zero attached hydrogens (tertiary/aromatic N) is 3. The van der Waals surface area contributed by atoms with Crippen LogP contribution in [0.2, 0.25) is 0 Å². The van der Waals surface area contributed by atoms with Crippen LogP contribution in [0.4, 0.5) is 10.5 Å². The van der Waals surface area contributed by atoms with Crippen LogP contribution in [-0.4, -0.2) is 52.9 Å². The molecule has 0 atom stereocenters. The van der Waals surface area contributed by atoms with Crippen LogP contribution in [0.15, 0.2) is 48.8 Å². The van der Waals surface area contributed by atoms with Gasteiger partial charge in [0.2, 0.25) is 5.91 Å². The Balaban J connectivity index is 1.25. The Morgan fingerprint density at radius 3 is 2.23 bits per heavy atom. The van der Waals surface area contributed by atoms with E-state index in [-0.39, 0.29) is 17.4 Å². The molecule has 2 aromatic rings. The van der Waals surface area contributed by atoms with Gasteiger partial charge < -0.3 is 15.1 Å². The number of nitrogens with one attached hydrogen (secondary N) is 1. The number of anilines is 1. The molecule has 1 aromatic carbocycles. The van der Waals surface area contributed by atoms with Crippen molar-refractivity contribution in [3.63, 3.8) is 0 Å². The van der Waals surface area contributed by atoms with Crippen LogP contribution >= 0.6 is 0 Å². The summed E-state index contributed by atoms with van der Waals surface area (Å²) in [5.41, 5.74) is 2.91. The van der Waals surface area contributed by atoms with E-state index in [1.54, 1.807) is 6.20 Å². The molecule has 1 aromatic heterocycles. The van der Waals surface area contributed by atoms with Gasteiger partial charge in [-0.1, -0.05) is 39.0 Å². The summed E-state index contributed by atoms with van der Waals surface area (Å²) in [6.45, 7) is 9.07. The minimum Gasteiger partial charge on any atom is -0.341 e. The Kier molecular flexibility index (Phi) is 5.50. The highest BCUT2D eigenvalue weighted by Gasteiger charge is 2.38. The minimum atomic E-state index is -0.286. The van der Waals surface area contributed by atoms with E-state index < -0.39 is 0 Å². The van der Waals surface area contributed by atoms with Gasteiger partial charge in [0.15, 0.2) is 0 Å². The van der Waals surface area contributed by atoms with Crippen LogP contribution < -0.4 is 5.32 Å². The number of pyridine rings is 1. The van der Waals surface area contributed by atoms with Crippen molar-refractivity contribution in [1.82, 2.24) is 14.8 Å². The number of amides is 3. The van der Waals surface area contributed by atoms with E-state index in [0.717, 1.165) is 38.3 Å². The topological polar surface area (TPSA) is 65.5 Å². The van der Waals surface area contributed by atoms with Crippen LogP contribution in [0.1, 0.15) is 50.2 Å². The number of hydrogen-bond donors (Lipinski definition) is 1. The normalized spacial score (nSPS) is 17.3. The standard InChI is InChI=1S/C24H30N4O2/c1-4-24(2,3)22(29)27-13-19(14-27)17-7-9-21(10-8-17)26-23(30)28-15-20(16-28)18-6-5-11-25-12-18/h5-12,19-20H,4,13-16H2,1-3H3,(H,26,30). The lowest BCUT2D eigenvalue weighted by atomic mass is 9.84. The van der Waals surface area contributed by atoms with Crippen LogP contribution in [0, 0.1) is 5.41 Å². The predicted molar refractivity (Wildman–Crippen MR) is 117 cm³/mol. The Labute approximate surface area is 178 Å². The van der Waals surface area contributed by atoms with Crippen molar-refractivity contribution in [1.29, 1.82) is 0 Å². The number of carbonyl (C=O) groups excluding carboxylic acids is 2. The highest BCUT2D eigenvalue weighted by molar-refractivity contribution is 5.90. The summed E-state index contributed by atoms with van der Waals surface area (Å²) >= 11 is 0. The number of rotatable bonds is 5. The molecule has 0 spiro atoms. The SMILES string of the molecule is CCC(C)(C)C(=O)N1CC(c2ccc(NC(=O)N3CC(c4cccnc4)C3)cc2)C1. The van der Waals surface area contributed by atoms with Crippen LogP contribution in [0.25, 0.3) is 0 Å². The molecule has 4 rings (SSSR count). The van der Waals surface area contributed by atoms with Gasteiger partial charge >= 0.3 is 6.03 Å². The summed E-state index contributed by atoms with van der Waals surface area (Å²) in [6.07, 6.45) is 4.49. The second kappa shape index (κ2) is 8.09. The molecule has 2 aliphatic rings. The molecule has 2 fully saturated rings. The second-order valence-corrected chi connectivity index (χ2v) is 9.08. The summed E-state index contributed by atoms with van der Waals surface area (Å²) in [5, 5.41) is 2.98. The summed E-state index contributed by atoms with van der Waals surface area (Å²) in [6, 6.07) is 11.9. The molecule has 0 aliphatic carbocycles.